The molecule has 1 heterocycles. The third-order valence-corrected chi connectivity index (χ3v) is 4.98. The summed E-state index contributed by atoms with van der Waals surface area (Å²) >= 11 is 0. The summed E-state index contributed by atoms with van der Waals surface area (Å²) in [6.07, 6.45) is 3.13. The number of benzene rings is 3. The Morgan fingerprint density at radius 1 is 0.938 bits per heavy atom. The molecule has 1 N–H and O–H groups in total. The van der Waals surface area contributed by atoms with Gasteiger partial charge in [-0.3, -0.25) is 4.79 Å². The van der Waals surface area contributed by atoms with Crippen LogP contribution in [0.2, 0.25) is 0 Å². The lowest BCUT2D eigenvalue weighted by Gasteiger charge is -2.14. The standard InChI is InChI=1S/C26H20F2N2O2/c1-17-25(20-9-5-6-10-24(20)32-16-19-7-3-2-4-8-19)21(26(31)30-29-17)13-11-18-12-14-22(27)23(28)15-18/h2-15H,16H2,1H3,(H,30,31)/b13-11+. The van der Waals surface area contributed by atoms with E-state index >= 15 is 0 Å². The summed E-state index contributed by atoms with van der Waals surface area (Å²) in [7, 11) is 0. The van der Waals surface area contributed by atoms with E-state index in [9.17, 15) is 13.6 Å². The maximum atomic E-state index is 13.6. The molecule has 4 rings (SSSR count). The van der Waals surface area contributed by atoms with E-state index in [-0.39, 0.29) is 0 Å². The molecular weight excluding hydrogens is 410 g/mol. The summed E-state index contributed by atoms with van der Waals surface area (Å²) in [6.45, 7) is 2.15. The number of hydrogen-bond acceptors (Lipinski definition) is 3. The van der Waals surface area contributed by atoms with Crippen molar-refractivity contribution in [3.8, 4) is 16.9 Å². The number of aryl methyl sites for hydroxylation is 1. The zero-order valence-electron chi connectivity index (χ0n) is 17.3. The minimum atomic E-state index is -0.952. The Morgan fingerprint density at radius 3 is 2.47 bits per heavy atom. The molecule has 0 radical (unpaired) electrons. The average Bonchev–Trinajstić information content (AvgIpc) is 2.81. The van der Waals surface area contributed by atoms with Crippen molar-refractivity contribution in [2.75, 3.05) is 0 Å². The summed E-state index contributed by atoms with van der Waals surface area (Å²) in [6, 6.07) is 20.7. The number of hydrogen-bond donors (Lipinski definition) is 1. The Balaban J connectivity index is 1.74. The number of halogens is 2. The predicted molar refractivity (Wildman–Crippen MR) is 121 cm³/mol. The van der Waals surface area contributed by atoms with Crippen LogP contribution in [0.25, 0.3) is 23.3 Å². The number of nitrogens with zero attached hydrogens (tertiary/aromatic N) is 1. The van der Waals surface area contributed by atoms with Crippen molar-refractivity contribution in [3.63, 3.8) is 0 Å². The molecule has 0 aliphatic rings. The highest BCUT2D eigenvalue weighted by atomic mass is 19.2. The van der Waals surface area contributed by atoms with Gasteiger partial charge in [0.2, 0.25) is 0 Å². The van der Waals surface area contributed by atoms with Gasteiger partial charge in [0.25, 0.3) is 5.56 Å². The molecule has 3 aromatic carbocycles. The van der Waals surface area contributed by atoms with Gasteiger partial charge in [0.15, 0.2) is 11.6 Å². The van der Waals surface area contributed by atoms with E-state index < -0.39 is 17.2 Å². The van der Waals surface area contributed by atoms with Gasteiger partial charge in [-0.1, -0.05) is 60.7 Å². The van der Waals surface area contributed by atoms with Crippen molar-refractivity contribution in [1.29, 1.82) is 0 Å². The van der Waals surface area contributed by atoms with Crippen LogP contribution in [0.4, 0.5) is 8.78 Å². The smallest absolute Gasteiger partial charge is 0.272 e. The third-order valence-electron chi connectivity index (χ3n) is 4.98. The number of H-pyrrole nitrogens is 1. The van der Waals surface area contributed by atoms with Gasteiger partial charge >= 0.3 is 0 Å². The summed E-state index contributed by atoms with van der Waals surface area (Å²) < 4.78 is 32.9. The van der Waals surface area contributed by atoms with Gasteiger partial charge in [0.1, 0.15) is 12.4 Å². The first-order valence-corrected chi connectivity index (χ1v) is 10.0. The molecule has 0 saturated carbocycles. The topological polar surface area (TPSA) is 55.0 Å². The van der Waals surface area contributed by atoms with E-state index in [0.29, 0.717) is 40.3 Å². The van der Waals surface area contributed by atoms with Crippen molar-refractivity contribution >= 4 is 12.2 Å². The molecule has 0 atom stereocenters. The van der Waals surface area contributed by atoms with E-state index in [0.717, 1.165) is 17.7 Å². The van der Waals surface area contributed by atoms with E-state index in [1.165, 1.54) is 6.07 Å². The molecule has 160 valence electrons. The second kappa shape index (κ2) is 9.39. The van der Waals surface area contributed by atoms with Crippen LogP contribution in [0.5, 0.6) is 5.75 Å². The minimum Gasteiger partial charge on any atom is -0.488 e. The highest BCUT2D eigenvalue weighted by molar-refractivity contribution is 5.84. The number of aromatic nitrogens is 2. The van der Waals surface area contributed by atoms with Crippen molar-refractivity contribution in [2.45, 2.75) is 13.5 Å². The summed E-state index contributed by atoms with van der Waals surface area (Å²) in [5, 5.41) is 6.60. The van der Waals surface area contributed by atoms with E-state index in [2.05, 4.69) is 10.2 Å². The molecule has 0 aliphatic heterocycles. The van der Waals surface area contributed by atoms with Gasteiger partial charge in [-0.2, -0.15) is 5.10 Å². The second-order valence-corrected chi connectivity index (χ2v) is 7.20. The third kappa shape index (κ3) is 4.64. The Bertz CT molecular complexity index is 1330. The molecule has 1 aromatic heterocycles. The summed E-state index contributed by atoms with van der Waals surface area (Å²) in [5.74, 6) is -1.27. The highest BCUT2D eigenvalue weighted by Gasteiger charge is 2.16. The minimum absolute atomic E-state index is 0.345. The second-order valence-electron chi connectivity index (χ2n) is 7.20. The summed E-state index contributed by atoms with van der Waals surface area (Å²) in [4.78, 5) is 12.7. The van der Waals surface area contributed by atoms with Gasteiger partial charge in [-0.25, -0.2) is 13.9 Å². The first-order chi connectivity index (χ1) is 15.5. The molecule has 0 unspecified atom stereocenters. The van der Waals surface area contributed by atoms with E-state index in [4.69, 9.17) is 4.74 Å². The normalized spacial score (nSPS) is 11.1. The lowest BCUT2D eigenvalue weighted by atomic mass is 9.98. The molecule has 0 fully saturated rings. The quantitative estimate of drug-likeness (QED) is 0.422. The molecule has 6 heteroatoms. The van der Waals surface area contributed by atoms with Gasteiger partial charge in [0.05, 0.1) is 11.3 Å². The number of aromatic amines is 1. The molecule has 4 aromatic rings. The number of nitrogens with one attached hydrogen (secondary N) is 1. The fourth-order valence-corrected chi connectivity index (χ4v) is 3.39. The molecule has 0 aliphatic carbocycles. The van der Waals surface area contributed by atoms with Crippen LogP contribution in [-0.2, 0) is 6.61 Å². The van der Waals surface area contributed by atoms with Crippen LogP contribution >= 0.6 is 0 Å². The molecule has 0 saturated heterocycles. The Morgan fingerprint density at radius 2 is 1.69 bits per heavy atom. The predicted octanol–water partition coefficient (Wildman–Crippen LogP) is 5.77. The number of ether oxygens (including phenoxy) is 1. The zero-order valence-corrected chi connectivity index (χ0v) is 17.3. The van der Waals surface area contributed by atoms with E-state index in [1.54, 1.807) is 19.1 Å². The largest absolute Gasteiger partial charge is 0.488 e. The summed E-state index contributed by atoms with van der Waals surface area (Å²) in [5.41, 5.74) is 3.31. The Kier molecular flexibility index (Phi) is 6.22. The maximum Gasteiger partial charge on any atom is 0.272 e. The molecule has 4 nitrogen and oxygen atoms in total. The van der Waals surface area contributed by atoms with Crippen LogP contribution in [0.3, 0.4) is 0 Å². The lowest BCUT2D eigenvalue weighted by molar-refractivity contribution is 0.307. The average molecular weight is 430 g/mol. The monoisotopic (exact) mass is 430 g/mol. The van der Waals surface area contributed by atoms with Crippen LogP contribution < -0.4 is 10.3 Å². The molecule has 32 heavy (non-hydrogen) atoms. The Labute approximate surface area is 183 Å². The van der Waals surface area contributed by atoms with Crippen LogP contribution in [0.15, 0.2) is 77.6 Å². The van der Waals surface area contributed by atoms with Crippen molar-refractivity contribution in [1.82, 2.24) is 10.2 Å². The molecule has 0 amide bonds. The van der Waals surface area contributed by atoms with Crippen LogP contribution in [0, 0.1) is 18.6 Å². The van der Waals surface area contributed by atoms with Crippen LogP contribution in [0.1, 0.15) is 22.4 Å². The first kappa shape index (κ1) is 21.2. The fourth-order valence-electron chi connectivity index (χ4n) is 3.39. The molecular formula is C26H20F2N2O2. The molecule has 0 bridgehead atoms. The van der Waals surface area contributed by atoms with Gasteiger partial charge in [0, 0.05) is 11.1 Å². The SMILES string of the molecule is Cc1n[nH]c(=O)c(/C=C/c2ccc(F)c(F)c2)c1-c1ccccc1OCc1ccccc1. The fraction of sp³-hybridized carbons (Fsp3) is 0.0769. The van der Waals surface area contributed by atoms with Crippen molar-refractivity contribution in [2.24, 2.45) is 0 Å². The number of rotatable bonds is 6. The maximum absolute atomic E-state index is 13.6. The van der Waals surface area contributed by atoms with Gasteiger partial charge in [-0.05, 0) is 42.3 Å². The van der Waals surface area contributed by atoms with E-state index in [1.807, 2.05) is 54.6 Å². The number of para-hydroxylation sites is 1. The highest BCUT2D eigenvalue weighted by Crippen LogP contribution is 2.34. The van der Waals surface area contributed by atoms with Crippen molar-refractivity contribution < 1.29 is 13.5 Å². The Hall–Kier alpha value is -4.06. The van der Waals surface area contributed by atoms with Crippen molar-refractivity contribution in [3.05, 3.63) is 117 Å². The lowest BCUT2D eigenvalue weighted by Crippen LogP contribution is -2.15. The zero-order chi connectivity index (χ0) is 22.5. The van der Waals surface area contributed by atoms with Gasteiger partial charge < -0.3 is 4.74 Å². The molecule has 0 spiro atoms. The van der Waals surface area contributed by atoms with Gasteiger partial charge in [-0.15, -0.1) is 0 Å². The first-order valence-electron chi connectivity index (χ1n) is 10.0. The van der Waals surface area contributed by atoms with Crippen LogP contribution in [-0.4, -0.2) is 10.2 Å².